The maximum absolute atomic E-state index is 6.90. The first-order valence-corrected chi connectivity index (χ1v) is 3.57. The van der Waals surface area contributed by atoms with Gasteiger partial charge in [0.25, 0.3) is 0 Å². The Morgan fingerprint density at radius 1 is 1.73 bits per heavy atom. The third-order valence-electron chi connectivity index (χ3n) is 1.35. The molecule has 0 spiro atoms. The molecule has 2 N–H and O–H groups in total. The predicted molar refractivity (Wildman–Crippen MR) is 42.1 cm³/mol. The molecule has 1 rings (SSSR count). The summed E-state index contributed by atoms with van der Waals surface area (Å²) in [5, 5.41) is 10.6. The Labute approximate surface area is 65.6 Å². The van der Waals surface area contributed by atoms with Crippen LogP contribution >= 0.6 is 0 Å². The van der Waals surface area contributed by atoms with E-state index >= 15 is 0 Å². The summed E-state index contributed by atoms with van der Waals surface area (Å²) >= 11 is 0. The fourth-order valence-corrected chi connectivity index (χ4v) is 0.732. The minimum absolute atomic E-state index is 0.449. The molecular formula is C6H12N5. The number of anilines is 1. The second-order valence-electron chi connectivity index (χ2n) is 2.30. The minimum Gasteiger partial charge on any atom is -0.354 e. The van der Waals surface area contributed by atoms with Gasteiger partial charge in [-0.1, -0.05) is 0 Å². The van der Waals surface area contributed by atoms with Gasteiger partial charge in [-0.25, -0.2) is 0 Å². The van der Waals surface area contributed by atoms with Crippen LogP contribution < -0.4 is 11.1 Å². The molecule has 0 aliphatic carbocycles. The van der Waals surface area contributed by atoms with Crippen LogP contribution in [0, 0.1) is 0 Å². The molecule has 0 bridgehead atoms. The van der Waals surface area contributed by atoms with E-state index in [1.165, 1.54) is 0 Å². The molecule has 0 unspecified atom stereocenters. The lowest BCUT2D eigenvalue weighted by Crippen LogP contribution is -2.07. The lowest BCUT2D eigenvalue weighted by Gasteiger charge is -2.01. The van der Waals surface area contributed by atoms with Gasteiger partial charge in [0.15, 0.2) is 0 Å². The number of hydrogen-bond donors (Lipinski definition) is 1. The van der Waals surface area contributed by atoms with Crippen molar-refractivity contribution in [2.45, 2.75) is 6.42 Å². The predicted octanol–water partition coefficient (Wildman–Crippen LogP) is -0.100. The van der Waals surface area contributed by atoms with Crippen LogP contribution in [-0.2, 0) is 7.05 Å². The van der Waals surface area contributed by atoms with Crippen LogP contribution in [0.2, 0.25) is 0 Å². The highest BCUT2D eigenvalue weighted by molar-refractivity contribution is 5.22. The molecule has 5 heteroatoms. The Hall–Kier alpha value is -1.10. The molecule has 0 aliphatic rings. The van der Waals surface area contributed by atoms with Crippen LogP contribution in [0.25, 0.3) is 0 Å². The Morgan fingerprint density at radius 2 is 2.55 bits per heavy atom. The molecule has 1 aromatic heterocycles. The second kappa shape index (κ2) is 3.92. The standard InChI is InChI=1S/C6H12N5/c1-11-5-9-10-6(11)8-4-2-3-7/h5,7H,2-4H2,1H3,(H,8,10). The fraction of sp³-hybridized carbons (Fsp3) is 0.667. The number of nitrogens with zero attached hydrogens (tertiary/aromatic N) is 3. The highest BCUT2D eigenvalue weighted by atomic mass is 15.3. The van der Waals surface area contributed by atoms with Crippen molar-refractivity contribution in [1.82, 2.24) is 20.5 Å². The average Bonchev–Trinajstić information content (AvgIpc) is 2.37. The van der Waals surface area contributed by atoms with E-state index in [2.05, 4.69) is 15.5 Å². The van der Waals surface area contributed by atoms with E-state index in [9.17, 15) is 0 Å². The van der Waals surface area contributed by atoms with Gasteiger partial charge in [0.05, 0.1) is 0 Å². The third kappa shape index (κ3) is 2.19. The molecule has 0 saturated carbocycles. The molecule has 0 aromatic carbocycles. The third-order valence-corrected chi connectivity index (χ3v) is 1.35. The van der Waals surface area contributed by atoms with Crippen LogP contribution in [0.1, 0.15) is 6.42 Å². The minimum atomic E-state index is 0.449. The summed E-state index contributed by atoms with van der Waals surface area (Å²) in [4.78, 5) is 0. The number of nitrogens with one attached hydrogen (secondary N) is 2. The number of aromatic nitrogens is 3. The SMILES string of the molecule is Cn1cnnc1NCCC[NH]. The van der Waals surface area contributed by atoms with Crippen molar-refractivity contribution < 1.29 is 0 Å². The second-order valence-corrected chi connectivity index (χ2v) is 2.30. The van der Waals surface area contributed by atoms with Crippen LogP contribution in [0.5, 0.6) is 0 Å². The zero-order chi connectivity index (χ0) is 8.10. The number of rotatable bonds is 4. The van der Waals surface area contributed by atoms with Gasteiger partial charge in [0, 0.05) is 20.1 Å². The molecule has 11 heavy (non-hydrogen) atoms. The Bertz CT molecular complexity index is 206. The molecular weight excluding hydrogens is 142 g/mol. The van der Waals surface area contributed by atoms with Gasteiger partial charge in [-0.05, 0) is 6.42 Å². The Morgan fingerprint density at radius 3 is 3.09 bits per heavy atom. The molecule has 5 nitrogen and oxygen atoms in total. The summed E-state index contributed by atoms with van der Waals surface area (Å²) in [5.41, 5.74) is 6.90. The summed E-state index contributed by atoms with van der Waals surface area (Å²) in [5.74, 6) is 0.762. The van der Waals surface area contributed by atoms with Crippen LogP contribution in [0.4, 0.5) is 5.95 Å². The van der Waals surface area contributed by atoms with Crippen LogP contribution in [-0.4, -0.2) is 27.9 Å². The van der Waals surface area contributed by atoms with Gasteiger partial charge < -0.3 is 9.88 Å². The van der Waals surface area contributed by atoms with E-state index in [4.69, 9.17) is 5.73 Å². The summed E-state index contributed by atoms with van der Waals surface area (Å²) in [6.45, 7) is 1.24. The van der Waals surface area contributed by atoms with Crippen molar-refractivity contribution >= 4 is 5.95 Å². The van der Waals surface area contributed by atoms with Gasteiger partial charge in [-0.3, -0.25) is 5.73 Å². The molecule has 61 valence electrons. The molecule has 1 heterocycles. The zero-order valence-corrected chi connectivity index (χ0v) is 6.54. The molecule has 1 radical (unpaired) electrons. The number of aryl methyl sites for hydroxylation is 1. The van der Waals surface area contributed by atoms with Crippen LogP contribution in [0.15, 0.2) is 6.33 Å². The molecule has 1 aromatic rings. The zero-order valence-electron chi connectivity index (χ0n) is 6.54. The van der Waals surface area contributed by atoms with E-state index in [1.807, 2.05) is 11.6 Å². The number of hydrogen-bond acceptors (Lipinski definition) is 3. The highest BCUT2D eigenvalue weighted by Crippen LogP contribution is 1.96. The maximum Gasteiger partial charge on any atom is 0.224 e. The topological polar surface area (TPSA) is 66.5 Å². The van der Waals surface area contributed by atoms with Gasteiger partial charge in [-0.2, -0.15) is 0 Å². The van der Waals surface area contributed by atoms with E-state index in [1.54, 1.807) is 6.33 Å². The van der Waals surface area contributed by atoms with E-state index < -0.39 is 0 Å². The van der Waals surface area contributed by atoms with Crippen molar-refractivity contribution in [2.75, 3.05) is 18.4 Å². The molecule has 0 atom stereocenters. The van der Waals surface area contributed by atoms with E-state index in [0.29, 0.717) is 6.54 Å². The first-order valence-electron chi connectivity index (χ1n) is 3.57. The molecule has 0 amide bonds. The van der Waals surface area contributed by atoms with Crippen molar-refractivity contribution in [2.24, 2.45) is 7.05 Å². The largest absolute Gasteiger partial charge is 0.354 e. The van der Waals surface area contributed by atoms with E-state index in [0.717, 1.165) is 18.9 Å². The average molecular weight is 154 g/mol. The molecule has 0 fully saturated rings. The Balaban J connectivity index is 2.32. The smallest absolute Gasteiger partial charge is 0.224 e. The lowest BCUT2D eigenvalue weighted by atomic mass is 10.4. The quantitative estimate of drug-likeness (QED) is 0.616. The normalized spacial score (nSPS) is 10.0. The van der Waals surface area contributed by atoms with Crippen molar-refractivity contribution in [3.05, 3.63) is 6.33 Å². The monoisotopic (exact) mass is 154 g/mol. The summed E-state index contributed by atoms with van der Waals surface area (Å²) in [6, 6.07) is 0. The van der Waals surface area contributed by atoms with Crippen molar-refractivity contribution in [3.8, 4) is 0 Å². The first kappa shape index (κ1) is 8.00. The van der Waals surface area contributed by atoms with Gasteiger partial charge in [-0.15, -0.1) is 10.2 Å². The molecule has 0 saturated heterocycles. The fourth-order valence-electron chi connectivity index (χ4n) is 0.732. The van der Waals surface area contributed by atoms with Gasteiger partial charge in [0.2, 0.25) is 5.95 Å². The van der Waals surface area contributed by atoms with E-state index in [-0.39, 0.29) is 0 Å². The van der Waals surface area contributed by atoms with Crippen molar-refractivity contribution in [1.29, 1.82) is 0 Å². The lowest BCUT2D eigenvalue weighted by molar-refractivity contribution is 0.828. The van der Waals surface area contributed by atoms with Gasteiger partial charge >= 0.3 is 0 Å². The van der Waals surface area contributed by atoms with Crippen molar-refractivity contribution in [3.63, 3.8) is 0 Å². The molecule has 0 aliphatic heterocycles. The first-order chi connectivity index (χ1) is 5.34. The highest BCUT2D eigenvalue weighted by Gasteiger charge is 1.96. The summed E-state index contributed by atoms with van der Waals surface area (Å²) in [7, 11) is 1.88. The van der Waals surface area contributed by atoms with Gasteiger partial charge in [0.1, 0.15) is 6.33 Å². The van der Waals surface area contributed by atoms with Crippen LogP contribution in [0.3, 0.4) is 0 Å². The Kier molecular flexibility index (Phi) is 2.85. The maximum atomic E-state index is 6.90. The summed E-state index contributed by atoms with van der Waals surface area (Å²) in [6.07, 6.45) is 2.48. The summed E-state index contributed by atoms with van der Waals surface area (Å²) < 4.78 is 1.81.